The lowest BCUT2D eigenvalue weighted by atomic mass is 10.0. The normalized spacial score (nSPS) is 16.6. The van der Waals surface area contributed by atoms with Crippen LogP contribution in [0.4, 0.5) is 0 Å². The minimum Gasteiger partial charge on any atom is -0.388 e. The summed E-state index contributed by atoms with van der Waals surface area (Å²) in [6.07, 6.45) is 2.04. The van der Waals surface area contributed by atoms with Crippen LogP contribution in [0.3, 0.4) is 0 Å². The smallest absolute Gasteiger partial charge is 0.220 e. The van der Waals surface area contributed by atoms with E-state index in [0.29, 0.717) is 25.4 Å². The number of carbonyl (C=O) groups excluding carboxylic acids is 1. The van der Waals surface area contributed by atoms with Crippen LogP contribution < -0.4 is 5.32 Å². The van der Waals surface area contributed by atoms with E-state index >= 15 is 0 Å². The van der Waals surface area contributed by atoms with Gasteiger partial charge in [0.1, 0.15) is 0 Å². The van der Waals surface area contributed by atoms with Crippen LogP contribution >= 0.6 is 0 Å². The largest absolute Gasteiger partial charge is 0.388 e. The molecular formula is C12H25NO3. The Balaban J connectivity index is 3.81. The summed E-state index contributed by atoms with van der Waals surface area (Å²) in [5.41, 5.74) is -0.888. The van der Waals surface area contributed by atoms with Gasteiger partial charge in [0.2, 0.25) is 5.91 Å². The van der Waals surface area contributed by atoms with Gasteiger partial charge in [-0.1, -0.05) is 20.3 Å². The van der Waals surface area contributed by atoms with E-state index in [4.69, 9.17) is 4.74 Å². The van der Waals surface area contributed by atoms with E-state index in [2.05, 4.69) is 12.2 Å². The van der Waals surface area contributed by atoms with Gasteiger partial charge in [-0.05, 0) is 12.8 Å². The second-order valence-corrected chi connectivity index (χ2v) is 4.73. The van der Waals surface area contributed by atoms with Crippen molar-refractivity contribution in [2.24, 2.45) is 5.92 Å². The third kappa shape index (κ3) is 7.65. The second-order valence-electron chi connectivity index (χ2n) is 4.73. The highest BCUT2D eigenvalue weighted by Crippen LogP contribution is 2.09. The van der Waals surface area contributed by atoms with Gasteiger partial charge in [0.15, 0.2) is 0 Å². The Labute approximate surface area is 98.4 Å². The van der Waals surface area contributed by atoms with Crippen LogP contribution in [0.1, 0.15) is 40.0 Å². The quantitative estimate of drug-likeness (QED) is 0.662. The fourth-order valence-electron chi connectivity index (χ4n) is 1.23. The van der Waals surface area contributed by atoms with Crippen molar-refractivity contribution in [3.8, 4) is 0 Å². The Morgan fingerprint density at radius 2 is 2.19 bits per heavy atom. The molecule has 2 atom stereocenters. The molecule has 4 heteroatoms. The standard InChI is InChI=1S/C12H25NO3/c1-5-10(2)8-11(14)13-9-12(3,15)6-7-16-4/h10,15H,5-9H2,1-4H3,(H,13,14). The second kappa shape index (κ2) is 7.63. The zero-order valence-electron chi connectivity index (χ0n) is 10.9. The third-order valence-corrected chi connectivity index (χ3v) is 2.74. The van der Waals surface area contributed by atoms with E-state index in [-0.39, 0.29) is 12.5 Å². The number of methoxy groups -OCH3 is 1. The molecule has 0 aliphatic rings. The lowest BCUT2D eigenvalue weighted by Crippen LogP contribution is -2.41. The summed E-state index contributed by atoms with van der Waals surface area (Å²) in [5, 5.41) is 12.6. The van der Waals surface area contributed by atoms with Gasteiger partial charge in [-0.2, -0.15) is 0 Å². The first kappa shape index (κ1) is 15.4. The Morgan fingerprint density at radius 3 is 2.69 bits per heavy atom. The van der Waals surface area contributed by atoms with Crippen LogP contribution in [0.15, 0.2) is 0 Å². The molecule has 0 spiro atoms. The first-order valence-corrected chi connectivity index (χ1v) is 5.89. The van der Waals surface area contributed by atoms with Crippen molar-refractivity contribution in [2.45, 2.75) is 45.6 Å². The Morgan fingerprint density at radius 1 is 1.56 bits per heavy atom. The average Bonchev–Trinajstić information content (AvgIpc) is 2.24. The molecule has 0 saturated heterocycles. The maximum atomic E-state index is 11.5. The lowest BCUT2D eigenvalue weighted by Gasteiger charge is -2.23. The van der Waals surface area contributed by atoms with Crippen LogP contribution in [0, 0.1) is 5.92 Å². The summed E-state index contributed by atoms with van der Waals surface area (Å²) in [6.45, 7) is 6.59. The molecule has 1 amide bonds. The predicted molar refractivity (Wildman–Crippen MR) is 64.2 cm³/mol. The Bertz CT molecular complexity index is 204. The van der Waals surface area contributed by atoms with Gasteiger partial charge in [0.25, 0.3) is 0 Å². The van der Waals surface area contributed by atoms with Crippen LogP contribution in [0.25, 0.3) is 0 Å². The molecule has 0 aromatic carbocycles. The predicted octanol–water partition coefficient (Wildman–Crippen LogP) is 1.33. The first-order valence-electron chi connectivity index (χ1n) is 5.89. The van der Waals surface area contributed by atoms with Crippen molar-refractivity contribution in [1.29, 1.82) is 0 Å². The molecule has 0 aromatic rings. The van der Waals surface area contributed by atoms with E-state index in [1.807, 2.05) is 6.92 Å². The minimum atomic E-state index is -0.888. The molecule has 96 valence electrons. The Kier molecular flexibility index (Phi) is 7.34. The van der Waals surface area contributed by atoms with Crippen LogP contribution in [0.5, 0.6) is 0 Å². The number of rotatable bonds is 8. The highest BCUT2D eigenvalue weighted by Gasteiger charge is 2.21. The van der Waals surface area contributed by atoms with Gasteiger partial charge in [-0.3, -0.25) is 4.79 Å². The van der Waals surface area contributed by atoms with Crippen molar-refractivity contribution < 1.29 is 14.6 Å². The van der Waals surface area contributed by atoms with E-state index in [1.54, 1.807) is 14.0 Å². The number of hydrogen-bond acceptors (Lipinski definition) is 3. The topological polar surface area (TPSA) is 58.6 Å². The number of carbonyl (C=O) groups is 1. The molecule has 0 bridgehead atoms. The summed E-state index contributed by atoms with van der Waals surface area (Å²) in [6, 6.07) is 0. The van der Waals surface area contributed by atoms with Crippen LogP contribution in [-0.4, -0.2) is 36.9 Å². The van der Waals surface area contributed by atoms with E-state index in [9.17, 15) is 9.90 Å². The monoisotopic (exact) mass is 231 g/mol. The van der Waals surface area contributed by atoms with Gasteiger partial charge >= 0.3 is 0 Å². The molecule has 2 unspecified atom stereocenters. The highest BCUT2D eigenvalue weighted by atomic mass is 16.5. The van der Waals surface area contributed by atoms with E-state index < -0.39 is 5.60 Å². The van der Waals surface area contributed by atoms with Crippen molar-refractivity contribution in [1.82, 2.24) is 5.32 Å². The number of aliphatic hydroxyl groups is 1. The summed E-state index contributed by atoms with van der Waals surface area (Å²) < 4.78 is 4.89. The molecule has 0 rings (SSSR count). The maximum absolute atomic E-state index is 11.5. The van der Waals surface area contributed by atoms with E-state index in [0.717, 1.165) is 6.42 Å². The van der Waals surface area contributed by atoms with Crippen molar-refractivity contribution in [2.75, 3.05) is 20.3 Å². The molecule has 0 aliphatic carbocycles. The summed E-state index contributed by atoms with van der Waals surface area (Å²) in [5.74, 6) is 0.399. The zero-order valence-corrected chi connectivity index (χ0v) is 10.9. The number of nitrogens with one attached hydrogen (secondary N) is 1. The zero-order chi connectivity index (χ0) is 12.6. The minimum absolute atomic E-state index is 0.00652. The lowest BCUT2D eigenvalue weighted by molar-refractivity contribution is -0.123. The fourth-order valence-corrected chi connectivity index (χ4v) is 1.23. The van der Waals surface area contributed by atoms with Crippen molar-refractivity contribution in [3.05, 3.63) is 0 Å². The van der Waals surface area contributed by atoms with Gasteiger partial charge in [0, 0.05) is 33.1 Å². The number of ether oxygens (including phenoxy) is 1. The summed E-state index contributed by atoms with van der Waals surface area (Å²) in [4.78, 5) is 11.5. The van der Waals surface area contributed by atoms with Gasteiger partial charge in [-0.25, -0.2) is 0 Å². The Hall–Kier alpha value is -0.610. The molecule has 16 heavy (non-hydrogen) atoms. The van der Waals surface area contributed by atoms with Gasteiger partial charge in [-0.15, -0.1) is 0 Å². The highest BCUT2D eigenvalue weighted by molar-refractivity contribution is 5.76. The van der Waals surface area contributed by atoms with Crippen LogP contribution in [0.2, 0.25) is 0 Å². The molecule has 2 N–H and O–H groups in total. The SMILES string of the molecule is CCC(C)CC(=O)NCC(C)(O)CCOC. The number of hydrogen-bond donors (Lipinski definition) is 2. The molecule has 0 aliphatic heterocycles. The molecular weight excluding hydrogens is 206 g/mol. The van der Waals surface area contributed by atoms with Crippen molar-refractivity contribution >= 4 is 5.91 Å². The van der Waals surface area contributed by atoms with E-state index in [1.165, 1.54) is 0 Å². The first-order chi connectivity index (χ1) is 7.41. The molecule has 0 saturated carbocycles. The van der Waals surface area contributed by atoms with Crippen molar-refractivity contribution in [3.63, 3.8) is 0 Å². The van der Waals surface area contributed by atoms with Crippen LogP contribution in [-0.2, 0) is 9.53 Å². The third-order valence-electron chi connectivity index (χ3n) is 2.74. The average molecular weight is 231 g/mol. The van der Waals surface area contributed by atoms with Gasteiger partial charge < -0.3 is 15.2 Å². The maximum Gasteiger partial charge on any atom is 0.220 e. The molecule has 0 heterocycles. The molecule has 0 aromatic heterocycles. The van der Waals surface area contributed by atoms with Gasteiger partial charge in [0.05, 0.1) is 5.60 Å². The summed E-state index contributed by atoms with van der Waals surface area (Å²) >= 11 is 0. The fraction of sp³-hybridized carbons (Fsp3) is 0.917. The molecule has 0 radical (unpaired) electrons. The number of amides is 1. The summed E-state index contributed by atoms with van der Waals surface area (Å²) in [7, 11) is 1.59. The molecule has 0 fully saturated rings. The molecule has 4 nitrogen and oxygen atoms in total.